The van der Waals surface area contributed by atoms with Gasteiger partial charge in [0.2, 0.25) is 5.95 Å². The number of benzene rings is 1. The van der Waals surface area contributed by atoms with Crippen LogP contribution in [-0.4, -0.2) is 33.9 Å². The van der Waals surface area contributed by atoms with E-state index in [2.05, 4.69) is 22.2 Å². The van der Waals surface area contributed by atoms with Gasteiger partial charge >= 0.3 is 0 Å². The maximum absolute atomic E-state index is 13.7. The van der Waals surface area contributed by atoms with E-state index in [4.69, 9.17) is 0 Å². The molecule has 1 amide bonds. The SMILES string of the molecule is CC1CCCN(C(=O)c2ccnc(Nc3ccc(F)cc3F)n2)C1. The average Bonchev–Trinajstić information content (AvgIpc) is 2.57. The van der Waals surface area contributed by atoms with E-state index in [0.717, 1.165) is 25.0 Å². The molecule has 1 aromatic carbocycles. The Morgan fingerprint density at radius 2 is 2.17 bits per heavy atom. The van der Waals surface area contributed by atoms with Gasteiger partial charge in [0.25, 0.3) is 5.91 Å². The summed E-state index contributed by atoms with van der Waals surface area (Å²) in [6.45, 7) is 3.53. The fourth-order valence-electron chi connectivity index (χ4n) is 2.79. The minimum Gasteiger partial charge on any atom is -0.337 e. The van der Waals surface area contributed by atoms with Gasteiger partial charge in [-0.15, -0.1) is 0 Å². The van der Waals surface area contributed by atoms with Crippen LogP contribution in [0.1, 0.15) is 30.3 Å². The van der Waals surface area contributed by atoms with Crippen LogP contribution >= 0.6 is 0 Å². The summed E-state index contributed by atoms with van der Waals surface area (Å²) in [6.07, 6.45) is 3.53. The number of rotatable bonds is 3. The molecular formula is C17H18F2N4O. The Kier molecular flexibility index (Phi) is 4.69. The van der Waals surface area contributed by atoms with E-state index in [-0.39, 0.29) is 23.2 Å². The zero-order chi connectivity index (χ0) is 17.1. The fourth-order valence-corrected chi connectivity index (χ4v) is 2.79. The van der Waals surface area contributed by atoms with E-state index in [1.54, 1.807) is 4.90 Å². The Morgan fingerprint density at radius 1 is 1.33 bits per heavy atom. The standard InChI is InChI=1S/C17H18F2N4O/c1-11-3-2-8-23(10-11)16(24)15-6-7-20-17(22-15)21-14-5-4-12(18)9-13(14)19/h4-7,9,11H,2-3,8,10H2,1H3,(H,20,21,22). The second-order valence-corrected chi connectivity index (χ2v) is 6.01. The van der Waals surface area contributed by atoms with Crippen LogP contribution in [0.3, 0.4) is 0 Å². The Morgan fingerprint density at radius 3 is 2.92 bits per heavy atom. The van der Waals surface area contributed by atoms with E-state index in [1.165, 1.54) is 18.3 Å². The molecule has 0 spiro atoms. The molecule has 3 rings (SSSR count). The third-order valence-corrected chi connectivity index (χ3v) is 4.00. The summed E-state index contributed by atoms with van der Waals surface area (Å²) < 4.78 is 26.6. The number of piperidine rings is 1. The molecule has 0 bridgehead atoms. The number of nitrogens with zero attached hydrogens (tertiary/aromatic N) is 3. The van der Waals surface area contributed by atoms with Crippen molar-refractivity contribution in [3.05, 3.63) is 47.8 Å². The molecule has 0 radical (unpaired) electrons. The number of carbonyl (C=O) groups is 1. The predicted octanol–water partition coefficient (Wildman–Crippen LogP) is 3.37. The van der Waals surface area contributed by atoms with Crippen molar-refractivity contribution in [2.45, 2.75) is 19.8 Å². The van der Waals surface area contributed by atoms with Gasteiger partial charge in [-0.3, -0.25) is 4.79 Å². The molecule has 5 nitrogen and oxygen atoms in total. The second kappa shape index (κ2) is 6.90. The number of likely N-dealkylation sites (tertiary alicyclic amines) is 1. The molecule has 1 aromatic heterocycles. The van der Waals surface area contributed by atoms with Gasteiger partial charge in [-0.2, -0.15) is 0 Å². The van der Waals surface area contributed by atoms with Crippen molar-refractivity contribution in [1.29, 1.82) is 0 Å². The van der Waals surface area contributed by atoms with Crippen LogP contribution in [0.15, 0.2) is 30.5 Å². The van der Waals surface area contributed by atoms with Crippen molar-refractivity contribution in [3.8, 4) is 0 Å². The molecule has 7 heteroatoms. The quantitative estimate of drug-likeness (QED) is 0.936. The normalized spacial score (nSPS) is 17.6. The van der Waals surface area contributed by atoms with Crippen molar-refractivity contribution in [1.82, 2.24) is 14.9 Å². The van der Waals surface area contributed by atoms with Crippen molar-refractivity contribution in [3.63, 3.8) is 0 Å². The molecule has 2 heterocycles. The van der Waals surface area contributed by atoms with Crippen molar-refractivity contribution >= 4 is 17.5 Å². The number of hydrogen-bond donors (Lipinski definition) is 1. The molecule has 1 fully saturated rings. The summed E-state index contributed by atoms with van der Waals surface area (Å²) in [5.74, 6) is -1.01. The first-order valence-electron chi connectivity index (χ1n) is 7.87. The van der Waals surface area contributed by atoms with E-state index >= 15 is 0 Å². The van der Waals surface area contributed by atoms with E-state index in [9.17, 15) is 13.6 Å². The lowest BCUT2D eigenvalue weighted by Crippen LogP contribution is -2.39. The molecule has 1 unspecified atom stereocenters. The number of aromatic nitrogens is 2. The summed E-state index contributed by atoms with van der Waals surface area (Å²) >= 11 is 0. The zero-order valence-corrected chi connectivity index (χ0v) is 13.3. The Labute approximate surface area is 138 Å². The lowest BCUT2D eigenvalue weighted by molar-refractivity contribution is 0.0677. The van der Waals surface area contributed by atoms with Crippen LogP contribution in [0.25, 0.3) is 0 Å². The van der Waals surface area contributed by atoms with Gasteiger partial charge in [0, 0.05) is 25.4 Å². The van der Waals surface area contributed by atoms with Crippen molar-refractivity contribution in [2.75, 3.05) is 18.4 Å². The largest absolute Gasteiger partial charge is 0.337 e. The van der Waals surface area contributed by atoms with E-state index < -0.39 is 11.6 Å². The minimum atomic E-state index is -0.750. The summed E-state index contributed by atoms with van der Waals surface area (Å²) in [6, 6.07) is 4.70. The predicted molar refractivity (Wildman–Crippen MR) is 86.0 cm³/mol. The molecule has 1 atom stereocenters. The Hall–Kier alpha value is -2.57. The molecule has 126 valence electrons. The number of halogens is 2. The number of hydrogen-bond acceptors (Lipinski definition) is 4. The van der Waals surface area contributed by atoms with Crippen molar-refractivity contribution < 1.29 is 13.6 Å². The van der Waals surface area contributed by atoms with Gasteiger partial charge in [-0.05, 0) is 37.0 Å². The first kappa shape index (κ1) is 16.3. The first-order chi connectivity index (χ1) is 11.5. The molecule has 1 aliphatic heterocycles. The number of carbonyl (C=O) groups excluding carboxylic acids is 1. The molecule has 2 aromatic rings. The topological polar surface area (TPSA) is 58.1 Å². The Balaban J connectivity index is 1.77. The number of anilines is 2. The maximum atomic E-state index is 13.7. The van der Waals surface area contributed by atoms with E-state index in [0.29, 0.717) is 19.0 Å². The maximum Gasteiger partial charge on any atom is 0.272 e. The Bertz CT molecular complexity index is 753. The summed E-state index contributed by atoms with van der Waals surface area (Å²) in [5, 5.41) is 2.67. The fraction of sp³-hybridized carbons (Fsp3) is 0.353. The van der Waals surface area contributed by atoms with Crippen LogP contribution in [0, 0.1) is 17.6 Å². The van der Waals surface area contributed by atoms with Crippen molar-refractivity contribution in [2.24, 2.45) is 5.92 Å². The molecule has 24 heavy (non-hydrogen) atoms. The average molecular weight is 332 g/mol. The highest BCUT2D eigenvalue weighted by Gasteiger charge is 2.23. The highest BCUT2D eigenvalue weighted by molar-refractivity contribution is 5.92. The molecule has 1 N–H and O–H groups in total. The molecule has 1 aliphatic rings. The lowest BCUT2D eigenvalue weighted by Gasteiger charge is -2.30. The van der Waals surface area contributed by atoms with E-state index in [1.807, 2.05) is 0 Å². The van der Waals surface area contributed by atoms with Crippen LogP contribution < -0.4 is 5.32 Å². The summed E-state index contributed by atoms with van der Waals surface area (Å²) in [7, 11) is 0. The van der Waals surface area contributed by atoms with Gasteiger partial charge in [-0.25, -0.2) is 18.7 Å². The first-order valence-corrected chi connectivity index (χ1v) is 7.87. The zero-order valence-electron chi connectivity index (χ0n) is 13.3. The molecule has 1 saturated heterocycles. The smallest absolute Gasteiger partial charge is 0.272 e. The third-order valence-electron chi connectivity index (χ3n) is 4.00. The highest BCUT2D eigenvalue weighted by Crippen LogP contribution is 2.20. The van der Waals surface area contributed by atoms with Crippen LogP contribution in [0.4, 0.5) is 20.4 Å². The lowest BCUT2D eigenvalue weighted by atomic mass is 10.00. The summed E-state index contributed by atoms with van der Waals surface area (Å²) in [5.41, 5.74) is 0.303. The molecule has 0 saturated carbocycles. The minimum absolute atomic E-state index is 0.0487. The van der Waals surface area contributed by atoms with Crippen LogP contribution in [0.5, 0.6) is 0 Å². The van der Waals surface area contributed by atoms with Crippen LogP contribution in [-0.2, 0) is 0 Å². The number of nitrogens with one attached hydrogen (secondary N) is 1. The molecule has 0 aliphatic carbocycles. The van der Waals surface area contributed by atoms with Gasteiger partial charge < -0.3 is 10.2 Å². The summed E-state index contributed by atoms with van der Waals surface area (Å²) in [4.78, 5) is 22.5. The van der Waals surface area contributed by atoms with Gasteiger partial charge in [0.15, 0.2) is 0 Å². The van der Waals surface area contributed by atoms with Gasteiger partial charge in [-0.1, -0.05) is 6.92 Å². The van der Waals surface area contributed by atoms with Crippen LogP contribution in [0.2, 0.25) is 0 Å². The monoisotopic (exact) mass is 332 g/mol. The molecular weight excluding hydrogens is 314 g/mol. The highest BCUT2D eigenvalue weighted by atomic mass is 19.1. The second-order valence-electron chi connectivity index (χ2n) is 6.01. The van der Waals surface area contributed by atoms with Gasteiger partial charge in [0.1, 0.15) is 17.3 Å². The third kappa shape index (κ3) is 3.67. The number of amides is 1. The van der Waals surface area contributed by atoms with Gasteiger partial charge in [0.05, 0.1) is 5.69 Å².